The molecule has 1 aromatic heterocycles. The molecule has 1 N–H and O–H groups in total. The quantitative estimate of drug-likeness (QED) is 0.331. The van der Waals surface area contributed by atoms with Crippen molar-refractivity contribution >= 4 is 23.2 Å². The largest absolute Gasteiger partial charge is 0.489 e. The normalized spacial score (nSPS) is 10.9. The first-order valence-corrected chi connectivity index (χ1v) is 11.3. The van der Waals surface area contributed by atoms with Crippen molar-refractivity contribution in [2.24, 2.45) is 0 Å². The highest BCUT2D eigenvalue weighted by atomic mass is 35.5. The lowest BCUT2D eigenvalue weighted by molar-refractivity contribution is 0.102. The molecule has 4 rings (SSSR count). The fraction of sp³-hybridized carbons (Fsp3) is 0.185. The van der Waals surface area contributed by atoms with Crippen molar-refractivity contribution in [1.82, 2.24) is 9.78 Å². The number of amides is 1. The molecule has 174 valence electrons. The van der Waals surface area contributed by atoms with Crippen LogP contribution >= 0.6 is 11.6 Å². The van der Waals surface area contributed by atoms with Crippen molar-refractivity contribution in [1.29, 1.82) is 0 Å². The third-order valence-electron chi connectivity index (χ3n) is 5.62. The van der Waals surface area contributed by atoms with Gasteiger partial charge in [-0.3, -0.25) is 9.48 Å². The number of hydrogen-bond donors (Lipinski definition) is 1. The van der Waals surface area contributed by atoms with Crippen LogP contribution in [0.25, 0.3) is 0 Å². The van der Waals surface area contributed by atoms with Crippen molar-refractivity contribution in [3.63, 3.8) is 0 Å². The third-order valence-corrected chi connectivity index (χ3v) is 5.85. The summed E-state index contributed by atoms with van der Waals surface area (Å²) in [6.45, 7) is 6.21. The summed E-state index contributed by atoms with van der Waals surface area (Å²) in [7, 11) is 0. The van der Waals surface area contributed by atoms with Gasteiger partial charge in [0, 0.05) is 16.1 Å². The van der Waals surface area contributed by atoms with Crippen LogP contribution in [-0.2, 0) is 13.2 Å². The summed E-state index contributed by atoms with van der Waals surface area (Å²) in [6, 6.07) is 19.3. The van der Waals surface area contributed by atoms with Crippen LogP contribution in [0.4, 0.5) is 10.1 Å². The summed E-state index contributed by atoms with van der Waals surface area (Å²) in [6.07, 6.45) is 0. The van der Waals surface area contributed by atoms with Gasteiger partial charge in [0.2, 0.25) is 0 Å². The van der Waals surface area contributed by atoms with Gasteiger partial charge < -0.3 is 10.1 Å². The Morgan fingerprint density at radius 1 is 1.06 bits per heavy atom. The second-order valence-electron chi connectivity index (χ2n) is 8.15. The number of ether oxygens (including phenoxy) is 1. The number of halogens is 2. The molecule has 34 heavy (non-hydrogen) atoms. The average molecular weight is 478 g/mol. The van der Waals surface area contributed by atoms with Crippen molar-refractivity contribution in [3.05, 3.63) is 111 Å². The molecule has 0 spiro atoms. The number of hydrogen-bond acceptors (Lipinski definition) is 3. The van der Waals surface area contributed by atoms with E-state index in [0.717, 1.165) is 22.6 Å². The number of nitrogens with one attached hydrogen (secondary N) is 1. The molecule has 4 aromatic rings. The predicted molar refractivity (Wildman–Crippen MR) is 132 cm³/mol. The molecule has 0 aliphatic rings. The van der Waals surface area contributed by atoms with Crippen LogP contribution in [0.1, 0.15) is 38.4 Å². The van der Waals surface area contributed by atoms with Crippen LogP contribution in [-0.4, -0.2) is 15.7 Å². The standard InChI is InChI=1S/C27H25ClFN3O2/c1-17-13-23(28)11-12-25(17)34-16-20-7-6-9-21(14-20)27(33)30-26-18(2)31-32(19(26)3)15-22-8-4-5-10-24(22)29/h4-14H,15-16H2,1-3H3,(H,30,33). The minimum atomic E-state index is -0.284. The Balaban J connectivity index is 1.47. The van der Waals surface area contributed by atoms with E-state index in [1.165, 1.54) is 6.07 Å². The highest BCUT2D eigenvalue weighted by Gasteiger charge is 2.16. The van der Waals surface area contributed by atoms with Gasteiger partial charge >= 0.3 is 0 Å². The molecule has 0 fully saturated rings. The van der Waals surface area contributed by atoms with E-state index in [0.29, 0.717) is 34.1 Å². The summed E-state index contributed by atoms with van der Waals surface area (Å²) >= 11 is 6.00. The van der Waals surface area contributed by atoms with Gasteiger partial charge in [-0.05, 0) is 68.3 Å². The van der Waals surface area contributed by atoms with E-state index in [1.807, 2.05) is 45.0 Å². The number of anilines is 1. The van der Waals surface area contributed by atoms with E-state index in [4.69, 9.17) is 16.3 Å². The minimum absolute atomic E-state index is 0.249. The molecule has 3 aromatic carbocycles. The van der Waals surface area contributed by atoms with Gasteiger partial charge in [-0.2, -0.15) is 5.10 Å². The topological polar surface area (TPSA) is 56.1 Å². The van der Waals surface area contributed by atoms with Crippen LogP contribution in [0.2, 0.25) is 5.02 Å². The fourth-order valence-corrected chi connectivity index (χ4v) is 3.97. The molecule has 0 radical (unpaired) electrons. The lowest BCUT2D eigenvalue weighted by Crippen LogP contribution is -2.14. The highest BCUT2D eigenvalue weighted by molar-refractivity contribution is 6.30. The van der Waals surface area contributed by atoms with Crippen LogP contribution in [0.3, 0.4) is 0 Å². The summed E-state index contributed by atoms with van der Waals surface area (Å²) in [5, 5.41) is 8.11. The average Bonchev–Trinajstić information content (AvgIpc) is 3.07. The molecule has 0 atom stereocenters. The van der Waals surface area contributed by atoms with Crippen molar-refractivity contribution < 1.29 is 13.9 Å². The van der Waals surface area contributed by atoms with Crippen LogP contribution in [0, 0.1) is 26.6 Å². The van der Waals surface area contributed by atoms with E-state index in [9.17, 15) is 9.18 Å². The molecular formula is C27H25ClFN3O2. The lowest BCUT2D eigenvalue weighted by Gasteiger charge is -2.11. The Bertz CT molecular complexity index is 1350. The van der Waals surface area contributed by atoms with Gasteiger partial charge in [0.25, 0.3) is 5.91 Å². The summed E-state index contributed by atoms with van der Waals surface area (Å²) in [4.78, 5) is 13.0. The first-order chi connectivity index (χ1) is 16.3. The molecular weight excluding hydrogens is 453 g/mol. The maximum absolute atomic E-state index is 14.1. The summed E-state index contributed by atoms with van der Waals surface area (Å²) < 4.78 is 21.7. The summed E-state index contributed by atoms with van der Waals surface area (Å²) in [5.41, 5.74) is 4.90. The zero-order valence-electron chi connectivity index (χ0n) is 19.2. The van der Waals surface area contributed by atoms with Crippen molar-refractivity contribution in [2.45, 2.75) is 33.9 Å². The molecule has 7 heteroatoms. The van der Waals surface area contributed by atoms with E-state index < -0.39 is 0 Å². The predicted octanol–water partition coefficient (Wildman–Crippen LogP) is 6.48. The Kier molecular flexibility index (Phi) is 6.98. The fourth-order valence-electron chi connectivity index (χ4n) is 3.74. The van der Waals surface area contributed by atoms with Crippen LogP contribution in [0.15, 0.2) is 66.7 Å². The van der Waals surface area contributed by atoms with Gasteiger partial charge in [-0.1, -0.05) is 41.9 Å². The number of carbonyl (C=O) groups is 1. The zero-order valence-corrected chi connectivity index (χ0v) is 20.0. The van der Waals surface area contributed by atoms with Crippen molar-refractivity contribution in [2.75, 3.05) is 5.32 Å². The second-order valence-corrected chi connectivity index (χ2v) is 8.58. The Hall–Kier alpha value is -3.64. The number of nitrogens with zero attached hydrogens (tertiary/aromatic N) is 2. The molecule has 1 heterocycles. The maximum Gasteiger partial charge on any atom is 0.255 e. The minimum Gasteiger partial charge on any atom is -0.489 e. The van der Waals surface area contributed by atoms with Gasteiger partial charge in [-0.25, -0.2) is 4.39 Å². The second kappa shape index (κ2) is 10.1. The SMILES string of the molecule is Cc1cc(Cl)ccc1OCc1cccc(C(=O)Nc2c(C)nn(Cc3ccccc3F)c2C)c1. The molecule has 0 unspecified atom stereocenters. The molecule has 0 aliphatic carbocycles. The number of aromatic nitrogens is 2. The van der Waals surface area contributed by atoms with Gasteiger partial charge in [0.05, 0.1) is 23.6 Å². The number of aryl methyl sites for hydroxylation is 2. The molecule has 0 aliphatic heterocycles. The van der Waals surface area contributed by atoms with Gasteiger partial charge in [0.1, 0.15) is 18.2 Å². The Morgan fingerprint density at radius 3 is 2.62 bits per heavy atom. The van der Waals surface area contributed by atoms with E-state index in [2.05, 4.69) is 10.4 Å². The number of rotatable bonds is 7. The number of carbonyl (C=O) groups excluding carboxylic acids is 1. The maximum atomic E-state index is 14.1. The molecule has 5 nitrogen and oxygen atoms in total. The smallest absolute Gasteiger partial charge is 0.255 e. The molecule has 0 bridgehead atoms. The Labute approximate surface area is 203 Å². The first-order valence-electron chi connectivity index (χ1n) is 10.9. The highest BCUT2D eigenvalue weighted by Crippen LogP contribution is 2.24. The summed E-state index contributed by atoms with van der Waals surface area (Å²) in [5.74, 6) is 0.211. The monoisotopic (exact) mass is 477 g/mol. The van der Waals surface area contributed by atoms with E-state index in [1.54, 1.807) is 41.1 Å². The Morgan fingerprint density at radius 2 is 1.85 bits per heavy atom. The lowest BCUT2D eigenvalue weighted by atomic mass is 10.1. The molecule has 0 saturated carbocycles. The molecule has 1 amide bonds. The molecule has 0 saturated heterocycles. The van der Waals surface area contributed by atoms with Gasteiger partial charge in [0.15, 0.2) is 0 Å². The van der Waals surface area contributed by atoms with E-state index >= 15 is 0 Å². The van der Waals surface area contributed by atoms with Crippen molar-refractivity contribution in [3.8, 4) is 5.75 Å². The van der Waals surface area contributed by atoms with Crippen LogP contribution < -0.4 is 10.1 Å². The van der Waals surface area contributed by atoms with Gasteiger partial charge in [-0.15, -0.1) is 0 Å². The third kappa shape index (κ3) is 5.29. The first kappa shape index (κ1) is 23.5. The zero-order chi connectivity index (χ0) is 24.2. The number of benzene rings is 3. The van der Waals surface area contributed by atoms with E-state index in [-0.39, 0.29) is 18.3 Å². The van der Waals surface area contributed by atoms with Crippen LogP contribution in [0.5, 0.6) is 5.75 Å².